The number of hydrogen-bond donors (Lipinski definition) is 1. The maximum Gasteiger partial charge on any atom is 0.230 e. The summed E-state index contributed by atoms with van der Waals surface area (Å²) in [5.74, 6) is 1.11. The molecular weight excluding hydrogens is 410 g/mol. The van der Waals surface area contributed by atoms with E-state index in [1.54, 1.807) is 0 Å². The molecule has 0 bridgehead atoms. The van der Waals surface area contributed by atoms with Crippen LogP contribution in [0.3, 0.4) is 0 Å². The Kier molecular flexibility index (Phi) is 13.2. The molecular formula is C28H35N3O2. The van der Waals surface area contributed by atoms with Gasteiger partial charge in [0.2, 0.25) is 11.8 Å². The smallest absolute Gasteiger partial charge is 0.230 e. The SMILES string of the molecule is CC.CC.CC.O=C(Cc1ccc(Oc2ncnc3ccccc23)cc1)Nc1ccccc1. The Hall–Kier alpha value is -3.73. The molecule has 3 aromatic carbocycles. The molecule has 5 heteroatoms. The van der Waals surface area contributed by atoms with Crippen molar-refractivity contribution in [1.29, 1.82) is 0 Å². The van der Waals surface area contributed by atoms with E-state index in [1.807, 2.05) is 120 Å². The molecule has 0 radical (unpaired) electrons. The van der Waals surface area contributed by atoms with Crippen molar-refractivity contribution in [3.8, 4) is 11.6 Å². The third-order valence-corrected chi connectivity index (χ3v) is 4.07. The molecule has 0 aliphatic carbocycles. The van der Waals surface area contributed by atoms with Crippen molar-refractivity contribution in [3.05, 3.63) is 90.8 Å². The molecule has 1 heterocycles. The van der Waals surface area contributed by atoms with Gasteiger partial charge in [0, 0.05) is 5.69 Å². The number of ether oxygens (including phenoxy) is 1. The Labute approximate surface area is 197 Å². The molecule has 0 fully saturated rings. The number of anilines is 1. The number of hydrogen-bond acceptors (Lipinski definition) is 4. The van der Waals surface area contributed by atoms with Gasteiger partial charge < -0.3 is 10.1 Å². The van der Waals surface area contributed by atoms with Crippen molar-refractivity contribution in [3.63, 3.8) is 0 Å². The van der Waals surface area contributed by atoms with Crippen molar-refractivity contribution < 1.29 is 9.53 Å². The van der Waals surface area contributed by atoms with Crippen molar-refractivity contribution in [2.24, 2.45) is 0 Å². The number of benzene rings is 3. The van der Waals surface area contributed by atoms with Gasteiger partial charge in [0.1, 0.15) is 12.1 Å². The molecule has 33 heavy (non-hydrogen) atoms. The highest BCUT2D eigenvalue weighted by atomic mass is 16.5. The topological polar surface area (TPSA) is 64.1 Å². The van der Waals surface area contributed by atoms with Gasteiger partial charge in [-0.3, -0.25) is 4.79 Å². The van der Waals surface area contributed by atoms with Gasteiger partial charge in [-0.05, 0) is 42.0 Å². The summed E-state index contributed by atoms with van der Waals surface area (Å²) in [7, 11) is 0. The van der Waals surface area contributed by atoms with E-state index in [-0.39, 0.29) is 5.91 Å². The van der Waals surface area contributed by atoms with Crippen LogP contribution in [0.2, 0.25) is 0 Å². The minimum atomic E-state index is -0.0586. The molecule has 1 amide bonds. The minimum Gasteiger partial charge on any atom is -0.438 e. The molecule has 0 spiro atoms. The Morgan fingerprint density at radius 2 is 1.36 bits per heavy atom. The molecule has 1 N–H and O–H groups in total. The summed E-state index contributed by atoms with van der Waals surface area (Å²) in [5, 5.41) is 3.73. The Balaban J connectivity index is 0.000000841. The van der Waals surface area contributed by atoms with Crippen LogP contribution >= 0.6 is 0 Å². The molecule has 4 aromatic rings. The first kappa shape index (κ1) is 27.3. The van der Waals surface area contributed by atoms with Gasteiger partial charge in [-0.25, -0.2) is 9.97 Å². The largest absolute Gasteiger partial charge is 0.438 e. The first-order valence-corrected chi connectivity index (χ1v) is 11.6. The fourth-order valence-electron chi connectivity index (χ4n) is 2.76. The summed E-state index contributed by atoms with van der Waals surface area (Å²) in [4.78, 5) is 20.6. The Morgan fingerprint density at radius 3 is 2.03 bits per heavy atom. The number of aromatic nitrogens is 2. The van der Waals surface area contributed by atoms with Gasteiger partial charge in [-0.15, -0.1) is 0 Å². The summed E-state index contributed by atoms with van der Waals surface area (Å²) < 4.78 is 5.90. The van der Waals surface area contributed by atoms with Crippen LogP contribution in [0.4, 0.5) is 5.69 Å². The lowest BCUT2D eigenvalue weighted by Gasteiger charge is -2.08. The van der Waals surface area contributed by atoms with Crippen LogP contribution in [0.5, 0.6) is 11.6 Å². The van der Waals surface area contributed by atoms with E-state index < -0.39 is 0 Å². The molecule has 0 aliphatic rings. The lowest BCUT2D eigenvalue weighted by atomic mass is 10.1. The zero-order valence-electron chi connectivity index (χ0n) is 20.5. The maximum absolute atomic E-state index is 12.1. The molecule has 174 valence electrons. The standard InChI is InChI=1S/C22H17N3O2.3C2H6/c26-21(25-17-6-2-1-3-7-17)14-16-10-12-18(13-11-16)27-22-19-8-4-5-9-20(19)23-15-24-22;3*1-2/h1-13,15H,14H2,(H,25,26);3*1-2H3. The first-order chi connectivity index (χ1) is 16.3. The Morgan fingerprint density at radius 1 is 0.758 bits per heavy atom. The summed E-state index contributed by atoms with van der Waals surface area (Å²) >= 11 is 0. The number of fused-ring (bicyclic) bond motifs is 1. The molecule has 4 rings (SSSR count). The highest BCUT2D eigenvalue weighted by molar-refractivity contribution is 5.92. The number of carbonyl (C=O) groups excluding carboxylic acids is 1. The predicted octanol–water partition coefficient (Wildman–Crippen LogP) is 7.68. The predicted molar refractivity (Wildman–Crippen MR) is 139 cm³/mol. The van der Waals surface area contributed by atoms with Gasteiger partial charge in [-0.1, -0.05) is 84.0 Å². The molecule has 5 nitrogen and oxygen atoms in total. The number of rotatable bonds is 5. The zero-order valence-corrected chi connectivity index (χ0v) is 20.5. The maximum atomic E-state index is 12.1. The number of nitrogens with one attached hydrogen (secondary N) is 1. The van der Waals surface area contributed by atoms with Crippen molar-refractivity contribution >= 4 is 22.5 Å². The van der Waals surface area contributed by atoms with Gasteiger partial charge in [0.15, 0.2) is 0 Å². The minimum absolute atomic E-state index is 0.0586. The lowest BCUT2D eigenvalue weighted by Crippen LogP contribution is -2.14. The van der Waals surface area contributed by atoms with Crippen LogP contribution in [-0.4, -0.2) is 15.9 Å². The van der Waals surface area contributed by atoms with Crippen LogP contribution in [0.1, 0.15) is 47.1 Å². The summed E-state index contributed by atoms with van der Waals surface area (Å²) in [6.07, 6.45) is 1.78. The lowest BCUT2D eigenvalue weighted by molar-refractivity contribution is -0.115. The second kappa shape index (κ2) is 16.0. The zero-order chi connectivity index (χ0) is 24.5. The van der Waals surface area contributed by atoms with E-state index in [0.29, 0.717) is 18.1 Å². The second-order valence-corrected chi connectivity index (χ2v) is 6.03. The average Bonchev–Trinajstić information content (AvgIpc) is 2.89. The average molecular weight is 446 g/mol. The summed E-state index contributed by atoms with van der Waals surface area (Å²) in [6, 6.07) is 24.5. The van der Waals surface area contributed by atoms with E-state index in [4.69, 9.17) is 4.74 Å². The van der Waals surface area contributed by atoms with Gasteiger partial charge >= 0.3 is 0 Å². The van der Waals surface area contributed by atoms with Crippen LogP contribution in [-0.2, 0) is 11.2 Å². The van der Waals surface area contributed by atoms with E-state index in [9.17, 15) is 4.79 Å². The third-order valence-electron chi connectivity index (χ3n) is 4.07. The van der Waals surface area contributed by atoms with Crippen molar-refractivity contribution in [2.45, 2.75) is 48.0 Å². The summed E-state index contributed by atoms with van der Waals surface area (Å²) in [5.41, 5.74) is 2.53. The number of carbonyl (C=O) groups is 1. The number of amides is 1. The normalized spacial score (nSPS) is 9.15. The first-order valence-electron chi connectivity index (χ1n) is 11.6. The monoisotopic (exact) mass is 445 g/mol. The third kappa shape index (κ3) is 8.73. The summed E-state index contributed by atoms with van der Waals surface area (Å²) in [6.45, 7) is 12.0. The molecule has 0 unspecified atom stereocenters. The molecule has 0 atom stereocenters. The van der Waals surface area contributed by atoms with Gasteiger partial charge in [-0.2, -0.15) is 0 Å². The van der Waals surface area contributed by atoms with Crippen LogP contribution in [0, 0.1) is 0 Å². The van der Waals surface area contributed by atoms with Crippen LogP contribution < -0.4 is 10.1 Å². The van der Waals surface area contributed by atoms with Crippen LogP contribution in [0.25, 0.3) is 10.9 Å². The highest BCUT2D eigenvalue weighted by Crippen LogP contribution is 2.26. The fourth-order valence-corrected chi connectivity index (χ4v) is 2.76. The molecule has 0 aliphatic heterocycles. The molecule has 0 saturated heterocycles. The Bertz CT molecular complexity index is 1060. The van der Waals surface area contributed by atoms with E-state index in [1.165, 1.54) is 6.33 Å². The molecule has 1 aromatic heterocycles. The van der Waals surface area contributed by atoms with Gasteiger partial charge in [0.25, 0.3) is 0 Å². The van der Waals surface area contributed by atoms with E-state index in [2.05, 4.69) is 15.3 Å². The second-order valence-electron chi connectivity index (χ2n) is 6.03. The van der Waals surface area contributed by atoms with E-state index in [0.717, 1.165) is 22.2 Å². The number of para-hydroxylation sites is 2. The van der Waals surface area contributed by atoms with E-state index >= 15 is 0 Å². The van der Waals surface area contributed by atoms with Crippen molar-refractivity contribution in [2.75, 3.05) is 5.32 Å². The fraction of sp³-hybridized carbons (Fsp3) is 0.250. The van der Waals surface area contributed by atoms with Crippen LogP contribution in [0.15, 0.2) is 85.2 Å². The number of nitrogens with zero attached hydrogens (tertiary/aromatic N) is 2. The van der Waals surface area contributed by atoms with Gasteiger partial charge in [0.05, 0.1) is 17.3 Å². The quantitative estimate of drug-likeness (QED) is 0.342. The molecule has 0 saturated carbocycles. The van der Waals surface area contributed by atoms with Crippen molar-refractivity contribution in [1.82, 2.24) is 9.97 Å². The highest BCUT2D eigenvalue weighted by Gasteiger charge is 2.07.